The van der Waals surface area contributed by atoms with Gasteiger partial charge in [-0.2, -0.15) is 5.26 Å². The summed E-state index contributed by atoms with van der Waals surface area (Å²) in [7, 11) is 7.00. The molecule has 3 nitrogen and oxygen atoms in total. The van der Waals surface area contributed by atoms with Crippen LogP contribution in [0.3, 0.4) is 0 Å². The second-order valence-electron chi connectivity index (χ2n) is 10.5. The summed E-state index contributed by atoms with van der Waals surface area (Å²) in [4.78, 5) is 2.58. The second kappa shape index (κ2) is 9.57. The lowest BCUT2D eigenvalue weighted by molar-refractivity contribution is -0.835. The fourth-order valence-electron chi connectivity index (χ4n) is 7.08. The number of nitriles is 1. The van der Waals surface area contributed by atoms with Crippen LogP contribution in [0, 0.1) is 28.6 Å². The van der Waals surface area contributed by atoms with Gasteiger partial charge in [0.1, 0.15) is 6.04 Å². The minimum Gasteiger partial charge on any atom is -0.396 e. The molecule has 3 heterocycles. The average molecular weight is 396 g/mol. The van der Waals surface area contributed by atoms with Gasteiger partial charge in [0.2, 0.25) is 0 Å². The fourth-order valence-corrected chi connectivity index (χ4v) is 7.08. The van der Waals surface area contributed by atoms with Crippen molar-refractivity contribution in [3.8, 4) is 6.07 Å². The normalized spacial score (nSPS) is 39.1. The standard InChI is InChI=1S/C25H43BN3/c1-5-7-9-11-14-28-23(18-27)21-17-20(3)24(28)25(4)19-29(26,16-13-22(21)25)15-12-10-8-6-2/h17,21-24H,5-16,19H2,1-4H3/q+1/t21-,22+,23+,24+,25+,29-/m1/s1. The largest absolute Gasteiger partial charge is 0.481 e. The Morgan fingerprint density at radius 3 is 2.52 bits per heavy atom. The summed E-state index contributed by atoms with van der Waals surface area (Å²) < 4.78 is 0.744. The molecule has 4 heteroatoms. The van der Waals surface area contributed by atoms with E-state index in [1.807, 2.05) is 0 Å². The lowest BCUT2D eigenvalue weighted by Gasteiger charge is -2.65. The van der Waals surface area contributed by atoms with Crippen LogP contribution in [0.1, 0.15) is 85.5 Å². The molecule has 0 N–H and O–H groups in total. The number of nitrogens with zero attached hydrogens (tertiary/aromatic N) is 3. The molecule has 2 radical (unpaired) electrons. The average Bonchev–Trinajstić information content (AvgIpc) is 2.67. The molecule has 1 aliphatic carbocycles. The maximum absolute atomic E-state index is 10.1. The quantitative estimate of drug-likeness (QED) is 0.287. The van der Waals surface area contributed by atoms with Gasteiger partial charge in [-0.25, -0.2) is 0 Å². The first kappa shape index (κ1) is 22.9. The first-order valence-electron chi connectivity index (χ1n) is 12.4. The Kier molecular flexibility index (Phi) is 7.55. The third kappa shape index (κ3) is 4.47. The summed E-state index contributed by atoms with van der Waals surface area (Å²) in [5.74, 6) is 0.994. The Bertz CT molecular complexity index is 626. The topological polar surface area (TPSA) is 27.0 Å². The maximum atomic E-state index is 10.1. The van der Waals surface area contributed by atoms with E-state index in [1.165, 1.54) is 63.4 Å². The van der Waals surface area contributed by atoms with Crippen LogP contribution in [-0.4, -0.2) is 55.5 Å². The molecular weight excluding hydrogens is 353 g/mol. The van der Waals surface area contributed by atoms with Crippen molar-refractivity contribution in [1.29, 1.82) is 5.26 Å². The molecule has 2 fully saturated rings. The third-order valence-corrected chi connectivity index (χ3v) is 8.28. The van der Waals surface area contributed by atoms with E-state index in [2.05, 4.69) is 44.7 Å². The van der Waals surface area contributed by atoms with Crippen molar-refractivity contribution in [2.45, 2.75) is 97.6 Å². The number of fused-ring (bicyclic) bond motifs is 1. The Balaban J connectivity index is 1.78. The van der Waals surface area contributed by atoms with E-state index in [1.54, 1.807) is 0 Å². The smallest absolute Gasteiger partial charge is 0.396 e. The number of unbranched alkanes of at least 4 members (excludes halogenated alkanes) is 6. The van der Waals surface area contributed by atoms with Gasteiger partial charge in [-0.15, -0.1) is 0 Å². The van der Waals surface area contributed by atoms with E-state index in [0.29, 0.717) is 17.9 Å². The van der Waals surface area contributed by atoms with Crippen LogP contribution in [0.5, 0.6) is 0 Å². The number of hydrogen-bond donors (Lipinski definition) is 0. The van der Waals surface area contributed by atoms with Gasteiger partial charge in [0, 0.05) is 23.9 Å². The summed E-state index contributed by atoms with van der Waals surface area (Å²) in [5, 5.41) is 10.1. The van der Waals surface area contributed by atoms with E-state index >= 15 is 0 Å². The number of quaternary nitrogens is 1. The van der Waals surface area contributed by atoms with Crippen molar-refractivity contribution in [2.24, 2.45) is 17.3 Å². The number of likely N-dealkylation sites (tertiary alicyclic amines) is 1. The Morgan fingerprint density at radius 1 is 1.17 bits per heavy atom. The molecule has 0 saturated carbocycles. The molecule has 4 aliphatic rings. The van der Waals surface area contributed by atoms with Crippen molar-refractivity contribution in [1.82, 2.24) is 4.90 Å². The van der Waals surface area contributed by atoms with Crippen LogP contribution in [0.15, 0.2) is 11.6 Å². The molecule has 0 amide bonds. The molecule has 6 atom stereocenters. The predicted molar refractivity (Wildman–Crippen MR) is 122 cm³/mol. The van der Waals surface area contributed by atoms with Crippen LogP contribution in [0.2, 0.25) is 0 Å². The van der Waals surface area contributed by atoms with Crippen LogP contribution in [0.4, 0.5) is 0 Å². The molecule has 0 aromatic carbocycles. The van der Waals surface area contributed by atoms with Crippen molar-refractivity contribution >= 4 is 7.98 Å². The summed E-state index contributed by atoms with van der Waals surface area (Å²) in [6.45, 7) is 13.7. The van der Waals surface area contributed by atoms with Gasteiger partial charge in [0.05, 0.1) is 25.7 Å². The zero-order valence-electron chi connectivity index (χ0n) is 19.5. The van der Waals surface area contributed by atoms with E-state index < -0.39 is 0 Å². The molecule has 2 saturated heterocycles. The SMILES string of the molecule is [B][N@+]1(CCCCCC)CC[C@H]2[C@H]3C=C(C)[C@H](N(CCCCCC)[C@H]3C#N)[C@@]2(C)C1. The molecule has 0 unspecified atom stereocenters. The van der Waals surface area contributed by atoms with Crippen molar-refractivity contribution in [3.63, 3.8) is 0 Å². The molecular formula is C25H43BN3+. The highest BCUT2D eigenvalue weighted by molar-refractivity contribution is 5.97. The van der Waals surface area contributed by atoms with Gasteiger partial charge in [-0.1, -0.05) is 64.5 Å². The molecule has 0 aromatic heterocycles. The minimum atomic E-state index is 0.0609. The van der Waals surface area contributed by atoms with Gasteiger partial charge in [0.25, 0.3) is 0 Å². The lowest BCUT2D eigenvalue weighted by Crippen LogP contribution is -2.73. The Hall–Kier alpha value is -0.785. The van der Waals surface area contributed by atoms with Crippen LogP contribution in [-0.2, 0) is 0 Å². The molecule has 4 rings (SSSR count). The van der Waals surface area contributed by atoms with Gasteiger partial charge in [-0.3, -0.25) is 4.90 Å². The van der Waals surface area contributed by atoms with Gasteiger partial charge >= 0.3 is 7.98 Å². The highest BCUT2D eigenvalue weighted by Crippen LogP contribution is 2.57. The zero-order chi connectivity index (χ0) is 21.1. The van der Waals surface area contributed by atoms with E-state index in [0.717, 1.165) is 30.6 Å². The van der Waals surface area contributed by atoms with Gasteiger partial charge < -0.3 is 4.39 Å². The van der Waals surface area contributed by atoms with Gasteiger partial charge in [0.15, 0.2) is 0 Å². The first-order chi connectivity index (χ1) is 13.9. The van der Waals surface area contributed by atoms with Crippen LogP contribution >= 0.6 is 0 Å². The molecule has 0 aromatic rings. The third-order valence-electron chi connectivity index (χ3n) is 8.28. The number of piperidine rings is 2. The summed E-state index contributed by atoms with van der Waals surface area (Å²) >= 11 is 0. The maximum Gasteiger partial charge on any atom is 0.481 e. The minimum absolute atomic E-state index is 0.0609. The Labute approximate surface area is 181 Å². The predicted octanol–water partition coefficient (Wildman–Crippen LogP) is 5.23. The fraction of sp³-hybridized carbons (Fsp3) is 0.880. The molecule has 160 valence electrons. The van der Waals surface area contributed by atoms with Crippen molar-refractivity contribution in [2.75, 3.05) is 26.2 Å². The van der Waals surface area contributed by atoms with Crippen LogP contribution in [0.25, 0.3) is 0 Å². The summed E-state index contributed by atoms with van der Waals surface area (Å²) in [6, 6.07) is 3.16. The number of rotatable bonds is 10. The Morgan fingerprint density at radius 2 is 1.86 bits per heavy atom. The number of hydrogen-bond acceptors (Lipinski definition) is 2. The highest BCUT2D eigenvalue weighted by Gasteiger charge is 2.62. The molecule has 0 spiro atoms. The van der Waals surface area contributed by atoms with E-state index in [-0.39, 0.29) is 11.5 Å². The van der Waals surface area contributed by atoms with Gasteiger partial charge in [-0.05, 0) is 38.5 Å². The summed E-state index contributed by atoms with van der Waals surface area (Å²) in [6.07, 6.45) is 13.8. The molecule has 2 bridgehead atoms. The monoisotopic (exact) mass is 396 g/mol. The zero-order valence-corrected chi connectivity index (χ0v) is 19.5. The summed E-state index contributed by atoms with van der Waals surface area (Å²) in [5.41, 5.74) is 1.69. The van der Waals surface area contributed by atoms with E-state index in [4.69, 9.17) is 7.98 Å². The molecule has 3 aliphatic heterocycles. The van der Waals surface area contributed by atoms with E-state index in [9.17, 15) is 5.26 Å². The second-order valence-corrected chi connectivity index (χ2v) is 10.5. The van der Waals surface area contributed by atoms with Crippen LogP contribution < -0.4 is 0 Å². The lowest BCUT2D eigenvalue weighted by atomic mass is 9.52. The molecule has 29 heavy (non-hydrogen) atoms. The first-order valence-corrected chi connectivity index (χ1v) is 12.4. The van der Waals surface area contributed by atoms with Crippen molar-refractivity contribution < 1.29 is 4.39 Å². The van der Waals surface area contributed by atoms with Crippen molar-refractivity contribution in [3.05, 3.63) is 11.6 Å². The highest BCUT2D eigenvalue weighted by atomic mass is 15.3.